The van der Waals surface area contributed by atoms with Crippen LogP contribution < -0.4 is 9.47 Å². The van der Waals surface area contributed by atoms with Gasteiger partial charge < -0.3 is 14.6 Å². The molecule has 126 valence electrons. The van der Waals surface area contributed by atoms with Crippen molar-refractivity contribution in [2.45, 2.75) is 12.8 Å². The van der Waals surface area contributed by atoms with E-state index in [0.29, 0.717) is 15.7 Å². The van der Waals surface area contributed by atoms with E-state index in [-0.39, 0.29) is 12.4 Å². The van der Waals surface area contributed by atoms with E-state index in [4.69, 9.17) is 9.47 Å². The molecule has 0 amide bonds. The summed E-state index contributed by atoms with van der Waals surface area (Å²) in [4.78, 5) is 23.9. The molecule has 1 saturated heterocycles. The molecule has 5 nitrogen and oxygen atoms in total. The van der Waals surface area contributed by atoms with Gasteiger partial charge in [-0.1, -0.05) is 12.1 Å². The first-order valence-electron chi connectivity index (χ1n) is 7.50. The van der Waals surface area contributed by atoms with Crippen molar-refractivity contribution in [3.63, 3.8) is 0 Å². The zero-order chi connectivity index (χ0) is 16.9. The molecule has 2 aliphatic rings. The molecule has 1 fully saturated rings. The van der Waals surface area contributed by atoms with E-state index in [1.165, 1.54) is 29.6 Å². The standard InChI is InChI=1S/C17H16O5S2/c18-12(15(16(19)20)17-23-7-1-2-8-24-17)5-3-11-4-6-13-14(9-11)22-10-21-13/h3-6,9H,1-2,7-8,10H2,(H,19,20)/b5-3-. The topological polar surface area (TPSA) is 72.8 Å². The maximum atomic E-state index is 12.4. The van der Waals surface area contributed by atoms with Gasteiger partial charge in [-0.05, 0) is 48.1 Å². The summed E-state index contributed by atoms with van der Waals surface area (Å²) in [5, 5.41) is 9.44. The molecule has 1 N–H and O–H groups in total. The number of ether oxygens (including phenoxy) is 2. The molecule has 2 heterocycles. The largest absolute Gasteiger partial charge is 0.477 e. The monoisotopic (exact) mass is 364 g/mol. The quantitative estimate of drug-likeness (QED) is 0.497. The van der Waals surface area contributed by atoms with Gasteiger partial charge in [0.15, 0.2) is 17.3 Å². The fourth-order valence-electron chi connectivity index (χ4n) is 2.29. The average Bonchev–Trinajstić information content (AvgIpc) is 2.87. The van der Waals surface area contributed by atoms with Crippen LogP contribution in [0.1, 0.15) is 18.4 Å². The lowest BCUT2D eigenvalue weighted by Crippen LogP contribution is -2.11. The average molecular weight is 364 g/mol. The second kappa shape index (κ2) is 7.81. The Morgan fingerprint density at radius 2 is 1.79 bits per heavy atom. The summed E-state index contributed by atoms with van der Waals surface area (Å²) in [6.07, 6.45) is 4.98. The summed E-state index contributed by atoms with van der Waals surface area (Å²) in [5.74, 6) is 1.31. The van der Waals surface area contributed by atoms with E-state index in [9.17, 15) is 14.7 Å². The first kappa shape index (κ1) is 17.0. The van der Waals surface area contributed by atoms with E-state index in [0.717, 1.165) is 29.9 Å². The smallest absolute Gasteiger partial charge is 0.341 e. The van der Waals surface area contributed by atoms with Crippen molar-refractivity contribution in [2.75, 3.05) is 18.3 Å². The van der Waals surface area contributed by atoms with Crippen LogP contribution in [0.2, 0.25) is 0 Å². The number of fused-ring (bicyclic) bond motifs is 1. The van der Waals surface area contributed by atoms with Crippen molar-refractivity contribution in [1.29, 1.82) is 0 Å². The van der Waals surface area contributed by atoms with Gasteiger partial charge in [0.05, 0.1) is 4.24 Å². The van der Waals surface area contributed by atoms with Gasteiger partial charge in [-0.2, -0.15) is 0 Å². The highest BCUT2D eigenvalue weighted by Crippen LogP contribution is 2.37. The van der Waals surface area contributed by atoms with E-state index in [1.807, 2.05) is 0 Å². The molecule has 1 aromatic rings. The Morgan fingerprint density at radius 3 is 2.50 bits per heavy atom. The zero-order valence-electron chi connectivity index (χ0n) is 12.8. The van der Waals surface area contributed by atoms with E-state index in [2.05, 4.69) is 0 Å². The van der Waals surface area contributed by atoms with Gasteiger partial charge in [0.25, 0.3) is 0 Å². The number of hydrogen-bond acceptors (Lipinski definition) is 6. The molecule has 3 rings (SSSR count). The Labute approximate surface area is 148 Å². The first-order valence-corrected chi connectivity index (χ1v) is 9.47. The number of hydrogen-bond donors (Lipinski definition) is 1. The van der Waals surface area contributed by atoms with Crippen LogP contribution in [0, 0.1) is 0 Å². The van der Waals surface area contributed by atoms with E-state index >= 15 is 0 Å². The number of thioether (sulfide) groups is 2. The lowest BCUT2D eigenvalue weighted by Gasteiger charge is -2.06. The van der Waals surface area contributed by atoms with Gasteiger partial charge in [-0.15, -0.1) is 23.5 Å². The lowest BCUT2D eigenvalue weighted by molar-refractivity contribution is -0.134. The molecular weight excluding hydrogens is 348 g/mol. The van der Waals surface area contributed by atoms with Crippen LogP contribution in [0.15, 0.2) is 34.1 Å². The number of carboxylic acid groups (broad SMARTS) is 1. The van der Waals surface area contributed by atoms with Crippen LogP contribution in [0.4, 0.5) is 0 Å². The number of benzene rings is 1. The van der Waals surface area contributed by atoms with Crippen molar-refractivity contribution in [2.24, 2.45) is 0 Å². The Morgan fingerprint density at radius 1 is 1.08 bits per heavy atom. The van der Waals surface area contributed by atoms with Crippen LogP contribution in [-0.4, -0.2) is 35.2 Å². The summed E-state index contributed by atoms with van der Waals surface area (Å²) in [5.41, 5.74) is 0.618. The molecule has 24 heavy (non-hydrogen) atoms. The van der Waals surface area contributed by atoms with Crippen LogP contribution in [0.3, 0.4) is 0 Å². The Kier molecular flexibility index (Phi) is 5.52. The van der Waals surface area contributed by atoms with Gasteiger partial charge in [0, 0.05) is 0 Å². The number of aliphatic carboxylic acids is 1. The molecule has 0 spiro atoms. The van der Waals surface area contributed by atoms with Gasteiger partial charge in [-0.3, -0.25) is 4.79 Å². The fourth-order valence-corrected chi connectivity index (χ4v) is 4.85. The third kappa shape index (κ3) is 3.96. The molecular formula is C17H16O5S2. The fraction of sp³-hybridized carbons (Fsp3) is 0.294. The third-order valence-electron chi connectivity index (χ3n) is 3.49. The van der Waals surface area contributed by atoms with Crippen LogP contribution in [0.5, 0.6) is 11.5 Å². The number of carboxylic acids is 1. The zero-order valence-corrected chi connectivity index (χ0v) is 14.5. The van der Waals surface area contributed by atoms with Gasteiger partial charge >= 0.3 is 5.97 Å². The van der Waals surface area contributed by atoms with Crippen molar-refractivity contribution in [1.82, 2.24) is 0 Å². The number of rotatable bonds is 4. The molecule has 0 saturated carbocycles. The summed E-state index contributed by atoms with van der Waals surface area (Å²) >= 11 is 2.91. The molecule has 1 aromatic carbocycles. The van der Waals surface area contributed by atoms with Crippen LogP contribution in [-0.2, 0) is 9.59 Å². The molecule has 0 atom stereocenters. The minimum absolute atomic E-state index is 0.135. The Bertz CT molecular complexity index is 714. The maximum Gasteiger partial charge on any atom is 0.341 e. The summed E-state index contributed by atoms with van der Waals surface area (Å²) in [7, 11) is 0. The number of ketones is 1. The molecule has 0 unspecified atom stereocenters. The maximum absolute atomic E-state index is 12.4. The molecule has 0 aromatic heterocycles. The van der Waals surface area contributed by atoms with Crippen molar-refractivity contribution in [3.05, 3.63) is 39.6 Å². The number of allylic oxidation sites excluding steroid dienone is 1. The van der Waals surface area contributed by atoms with Gasteiger partial charge in [0.2, 0.25) is 6.79 Å². The van der Waals surface area contributed by atoms with Gasteiger partial charge in [-0.25, -0.2) is 4.79 Å². The number of carbonyl (C=O) groups excluding carboxylic acids is 1. The second-order valence-corrected chi connectivity index (χ2v) is 7.65. The van der Waals surface area contributed by atoms with Crippen LogP contribution >= 0.6 is 23.5 Å². The van der Waals surface area contributed by atoms with E-state index in [1.54, 1.807) is 24.3 Å². The molecule has 2 aliphatic heterocycles. The SMILES string of the molecule is O=C(O)C(C(=O)/C=C\c1ccc2c(c1)OCO2)=C1SCCCCS1. The molecule has 0 bridgehead atoms. The van der Waals surface area contributed by atoms with E-state index < -0.39 is 11.8 Å². The summed E-state index contributed by atoms with van der Waals surface area (Å²) in [6.45, 7) is 0.186. The molecule has 7 heteroatoms. The minimum atomic E-state index is -1.17. The normalized spacial score (nSPS) is 16.9. The predicted molar refractivity (Wildman–Crippen MR) is 95.4 cm³/mol. The Balaban J connectivity index is 1.80. The third-order valence-corrected chi connectivity index (χ3v) is 6.12. The van der Waals surface area contributed by atoms with Crippen molar-refractivity contribution < 1.29 is 24.2 Å². The van der Waals surface area contributed by atoms with Crippen LogP contribution in [0.25, 0.3) is 6.08 Å². The molecule has 0 aliphatic carbocycles. The second-order valence-electron chi connectivity index (χ2n) is 5.18. The minimum Gasteiger partial charge on any atom is -0.477 e. The van der Waals surface area contributed by atoms with Crippen molar-refractivity contribution >= 4 is 41.4 Å². The summed E-state index contributed by atoms with van der Waals surface area (Å²) in [6, 6.07) is 5.31. The first-order chi connectivity index (χ1) is 11.6. The van der Waals surface area contributed by atoms with Gasteiger partial charge in [0.1, 0.15) is 5.57 Å². The highest BCUT2D eigenvalue weighted by molar-refractivity contribution is 8.22. The summed E-state index contributed by atoms with van der Waals surface area (Å²) < 4.78 is 11.1. The Hall–Kier alpha value is -1.86. The number of carbonyl (C=O) groups is 2. The highest BCUT2D eigenvalue weighted by Gasteiger charge is 2.22. The lowest BCUT2D eigenvalue weighted by atomic mass is 10.1. The molecule has 0 radical (unpaired) electrons. The predicted octanol–water partition coefficient (Wildman–Crippen LogP) is 3.55. The van der Waals surface area contributed by atoms with Crippen molar-refractivity contribution in [3.8, 4) is 11.5 Å². The highest BCUT2D eigenvalue weighted by atomic mass is 32.2.